The maximum Gasteiger partial charge on any atom is 0.336 e. The summed E-state index contributed by atoms with van der Waals surface area (Å²) < 4.78 is 5.06. The van der Waals surface area contributed by atoms with Crippen molar-refractivity contribution >= 4 is 18.3 Å². The molecule has 5 nitrogen and oxygen atoms in total. The van der Waals surface area contributed by atoms with Crippen LogP contribution in [-0.4, -0.2) is 17.5 Å². The van der Waals surface area contributed by atoms with Crippen LogP contribution in [0.3, 0.4) is 0 Å². The highest BCUT2D eigenvalue weighted by Crippen LogP contribution is 2.27. The fourth-order valence-corrected chi connectivity index (χ4v) is 1.53. The molecule has 0 fully saturated rings. The summed E-state index contributed by atoms with van der Waals surface area (Å²) in [5.74, 6) is -0.734. The lowest BCUT2D eigenvalue weighted by Gasteiger charge is -2.01. The van der Waals surface area contributed by atoms with Crippen molar-refractivity contribution in [2.45, 2.75) is 0 Å². The molecule has 0 unspecified atom stereocenters. The number of rotatable bonds is 4. The smallest absolute Gasteiger partial charge is 0.336 e. The van der Waals surface area contributed by atoms with Crippen molar-refractivity contribution in [1.29, 1.82) is 0 Å². The van der Waals surface area contributed by atoms with Gasteiger partial charge >= 0.3 is 5.97 Å². The molecule has 0 atom stereocenters. The average Bonchev–Trinajstić information content (AvgIpc) is 2.78. The fourth-order valence-electron chi connectivity index (χ4n) is 1.53. The quantitative estimate of drug-likeness (QED) is 0.790. The first-order valence-corrected chi connectivity index (χ1v) is 4.84. The molecule has 5 heteroatoms. The summed E-state index contributed by atoms with van der Waals surface area (Å²) in [4.78, 5) is 21.3. The molecular weight excluding hydrogens is 222 g/mol. The maximum atomic E-state index is 11.0. The molecule has 2 rings (SSSR count). The van der Waals surface area contributed by atoms with E-state index in [1.807, 2.05) is 0 Å². The van der Waals surface area contributed by atoms with Crippen LogP contribution in [0.25, 0.3) is 11.1 Å². The van der Waals surface area contributed by atoms with Crippen LogP contribution in [0.2, 0.25) is 0 Å². The van der Waals surface area contributed by atoms with Gasteiger partial charge in [-0.1, -0.05) is 18.2 Å². The van der Waals surface area contributed by atoms with Crippen molar-refractivity contribution in [3.05, 3.63) is 42.2 Å². The number of furan rings is 1. The van der Waals surface area contributed by atoms with Gasteiger partial charge in [-0.25, -0.2) is 4.79 Å². The van der Waals surface area contributed by atoms with E-state index >= 15 is 0 Å². The van der Waals surface area contributed by atoms with E-state index in [4.69, 9.17) is 9.52 Å². The van der Waals surface area contributed by atoms with Crippen molar-refractivity contribution < 1.29 is 19.1 Å². The third-order valence-electron chi connectivity index (χ3n) is 2.27. The summed E-state index contributed by atoms with van der Waals surface area (Å²) in [6.45, 7) is 0. The first-order chi connectivity index (χ1) is 8.22. The molecule has 0 radical (unpaired) electrons. The number of carboxylic acids is 1. The second kappa shape index (κ2) is 4.52. The van der Waals surface area contributed by atoms with Crippen molar-refractivity contribution in [3.8, 4) is 11.1 Å². The lowest BCUT2D eigenvalue weighted by molar-refractivity contribution is -0.105. The highest BCUT2D eigenvalue weighted by molar-refractivity contribution is 5.96. The predicted octanol–water partition coefficient (Wildman–Crippen LogP) is 2.21. The number of anilines is 1. The van der Waals surface area contributed by atoms with Crippen LogP contribution in [-0.2, 0) is 4.79 Å². The van der Waals surface area contributed by atoms with Crippen LogP contribution in [0.4, 0.5) is 5.88 Å². The molecule has 0 saturated carbocycles. The van der Waals surface area contributed by atoms with Crippen molar-refractivity contribution in [1.82, 2.24) is 0 Å². The topological polar surface area (TPSA) is 79.5 Å². The molecule has 0 aliphatic heterocycles. The molecule has 2 aromatic rings. The second-order valence-corrected chi connectivity index (χ2v) is 3.31. The number of hydrogen-bond donors (Lipinski definition) is 2. The van der Waals surface area contributed by atoms with E-state index in [1.165, 1.54) is 12.3 Å². The van der Waals surface area contributed by atoms with Gasteiger partial charge in [0, 0.05) is 11.6 Å². The Kier molecular flexibility index (Phi) is 2.91. The Morgan fingerprint density at radius 3 is 2.82 bits per heavy atom. The molecule has 0 saturated heterocycles. The van der Waals surface area contributed by atoms with Crippen molar-refractivity contribution in [2.75, 3.05) is 5.32 Å². The minimum atomic E-state index is -1.01. The SMILES string of the molecule is O=CNc1cc(-c2ccccc2C(=O)O)co1. The van der Waals surface area contributed by atoms with Crippen molar-refractivity contribution in [3.63, 3.8) is 0 Å². The molecule has 0 aliphatic carbocycles. The standard InChI is InChI=1S/C12H9NO4/c14-7-13-11-5-8(6-17-11)9-3-1-2-4-10(9)12(15)16/h1-7H,(H,13,14)(H,15,16). The normalized spacial score (nSPS) is 9.88. The zero-order chi connectivity index (χ0) is 12.3. The Labute approximate surface area is 96.7 Å². The Bertz CT molecular complexity index is 559. The minimum absolute atomic E-state index is 0.186. The predicted molar refractivity (Wildman–Crippen MR) is 60.8 cm³/mol. The van der Waals surface area contributed by atoms with Crippen LogP contribution >= 0.6 is 0 Å². The number of hydrogen-bond acceptors (Lipinski definition) is 3. The number of amides is 1. The summed E-state index contributed by atoms with van der Waals surface area (Å²) in [5.41, 5.74) is 1.33. The molecular formula is C12H9NO4. The number of aromatic carboxylic acids is 1. The van der Waals surface area contributed by atoms with E-state index in [1.54, 1.807) is 24.3 Å². The van der Waals surface area contributed by atoms with Gasteiger partial charge in [-0.3, -0.25) is 10.1 Å². The molecule has 17 heavy (non-hydrogen) atoms. The number of benzene rings is 1. The molecule has 0 aliphatic rings. The first-order valence-electron chi connectivity index (χ1n) is 4.84. The Morgan fingerprint density at radius 2 is 2.12 bits per heavy atom. The van der Waals surface area contributed by atoms with Gasteiger partial charge in [-0.05, 0) is 11.6 Å². The molecule has 1 aromatic heterocycles. The van der Waals surface area contributed by atoms with Crippen LogP contribution in [0.1, 0.15) is 10.4 Å². The Balaban J connectivity index is 2.44. The van der Waals surface area contributed by atoms with Crippen LogP contribution in [0.15, 0.2) is 41.0 Å². The lowest BCUT2D eigenvalue weighted by Crippen LogP contribution is -1.98. The zero-order valence-electron chi connectivity index (χ0n) is 8.71. The number of carbonyl (C=O) groups is 2. The lowest BCUT2D eigenvalue weighted by atomic mass is 10.0. The van der Waals surface area contributed by atoms with E-state index in [0.717, 1.165) is 0 Å². The van der Waals surface area contributed by atoms with Crippen LogP contribution < -0.4 is 5.32 Å². The largest absolute Gasteiger partial charge is 0.478 e. The van der Waals surface area contributed by atoms with Gasteiger partial charge in [-0.15, -0.1) is 0 Å². The van der Waals surface area contributed by atoms with Gasteiger partial charge in [0.05, 0.1) is 5.56 Å². The fraction of sp³-hybridized carbons (Fsp3) is 0. The Morgan fingerprint density at radius 1 is 1.35 bits per heavy atom. The highest BCUT2D eigenvalue weighted by atomic mass is 16.4. The molecule has 1 aromatic carbocycles. The van der Waals surface area contributed by atoms with Crippen LogP contribution in [0, 0.1) is 0 Å². The summed E-state index contributed by atoms with van der Waals surface area (Å²) in [5, 5.41) is 11.4. The van der Waals surface area contributed by atoms with Gasteiger partial charge in [0.25, 0.3) is 0 Å². The van der Waals surface area contributed by atoms with Gasteiger partial charge in [0.1, 0.15) is 6.26 Å². The van der Waals surface area contributed by atoms with Gasteiger partial charge in [0.2, 0.25) is 6.41 Å². The van der Waals surface area contributed by atoms with E-state index in [0.29, 0.717) is 17.5 Å². The summed E-state index contributed by atoms with van der Waals surface area (Å²) in [6.07, 6.45) is 1.89. The molecule has 2 N–H and O–H groups in total. The maximum absolute atomic E-state index is 11.0. The van der Waals surface area contributed by atoms with E-state index < -0.39 is 5.97 Å². The second-order valence-electron chi connectivity index (χ2n) is 3.31. The summed E-state index contributed by atoms with van der Waals surface area (Å²) >= 11 is 0. The Hall–Kier alpha value is -2.56. The third-order valence-corrected chi connectivity index (χ3v) is 2.27. The molecule has 0 bridgehead atoms. The zero-order valence-corrected chi connectivity index (χ0v) is 8.71. The molecule has 1 heterocycles. The van der Waals surface area contributed by atoms with E-state index in [-0.39, 0.29) is 11.4 Å². The van der Waals surface area contributed by atoms with Gasteiger partial charge in [0.15, 0.2) is 5.88 Å². The summed E-state index contributed by atoms with van der Waals surface area (Å²) in [6, 6.07) is 8.14. The summed E-state index contributed by atoms with van der Waals surface area (Å²) in [7, 11) is 0. The first kappa shape index (κ1) is 10.9. The highest BCUT2D eigenvalue weighted by Gasteiger charge is 2.12. The number of carboxylic acid groups (broad SMARTS) is 1. The van der Waals surface area contributed by atoms with Crippen LogP contribution in [0.5, 0.6) is 0 Å². The number of carbonyl (C=O) groups excluding carboxylic acids is 1. The number of nitrogens with one attached hydrogen (secondary N) is 1. The van der Waals surface area contributed by atoms with Gasteiger partial charge < -0.3 is 9.52 Å². The van der Waals surface area contributed by atoms with E-state index in [9.17, 15) is 9.59 Å². The molecule has 0 spiro atoms. The average molecular weight is 231 g/mol. The van der Waals surface area contributed by atoms with Gasteiger partial charge in [-0.2, -0.15) is 0 Å². The molecule has 1 amide bonds. The van der Waals surface area contributed by atoms with Crippen molar-refractivity contribution in [2.24, 2.45) is 0 Å². The van der Waals surface area contributed by atoms with E-state index in [2.05, 4.69) is 5.32 Å². The molecule has 86 valence electrons. The minimum Gasteiger partial charge on any atom is -0.478 e. The third kappa shape index (κ3) is 2.17. The monoisotopic (exact) mass is 231 g/mol.